The summed E-state index contributed by atoms with van der Waals surface area (Å²) < 4.78 is 5.84. The van der Waals surface area contributed by atoms with E-state index in [0.29, 0.717) is 0 Å². The lowest BCUT2D eigenvalue weighted by molar-refractivity contribution is -0.113. The van der Waals surface area contributed by atoms with Gasteiger partial charge in [0.2, 0.25) is 0 Å². The molecule has 1 aliphatic rings. The molecule has 0 aliphatic heterocycles. The summed E-state index contributed by atoms with van der Waals surface area (Å²) in [6.07, 6.45) is 4.97. The predicted molar refractivity (Wildman–Crippen MR) is 59.4 cm³/mol. The maximum absolute atomic E-state index is 11.3. The first-order chi connectivity index (χ1) is 6.69. The number of carbonyl (C=O) groups excluding carboxylic acids is 1. The second-order valence-corrected chi connectivity index (χ2v) is 3.87. The lowest BCUT2D eigenvalue weighted by Gasteiger charge is -2.14. The number of hydrogen-bond donors (Lipinski definition) is 0. The Morgan fingerprint density at radius 1 is 1.36 bits per heavy atom. The molecule has 0 amide bonds. The molecule has 3 heteroatoms. The molecule has 78 valence electrons. The fraction of sp³-hybridized carbons (Fsp3) is 0.727. The monoisotopic (exact) mass is 194 g/mol. The van der Waals surface area contributed by atoms with Crippen molar-refractivity contribution in [2.45, 2.75) is 52.7 Å². The van der Waals surface area contributed by atoms with E-state index in [9.17, 15) is 4.79 Å². The van der Waals surface area contributed by atoms with Gasteiger partial charge in [-0.15, -0.1) is 0 Å². The molecule has 1 rings (SSSR count). The Bertz CT molecular complexity index is 242. The number of carbonyl (C=O) groups is 1. The van der Waals surface area contributed by atoms with E-state index in [1.807, 2.05) is 0 Å². The standard InChI is InChI=1S/C11H19BO2/c1-4-12(5-2)14-11-8-6-7-10(11)9(3)13/h4-8H2,1-3H3. The van der Waals surface area contributed by atoms with Crippen molar-refractivity contribution >= 4 is 12.7 Å². The Morgan fingerprint density at radius 3 is 2.50 bits per heavy atom. The lowest BCUT2D eigenvalue weighted by atomic mass is 9.62. The summed E-state index contributed by atoms with van der Waals surface area (Å²) in [6.45, 7) is 6.17. The van der Waals surface area contributed by atoms with Crippen LogP contribution in [0.1, 0.15) is 40.0 Å². The Morgan fingerprint density at radius 2 is 2.00 bits per heavy atom. The zero-order valence-corrected chi connectivity index (χ0v) is 9.43. The van der Waals surface area contributed by atoms with Crippen LogP contribution in [0.2, 0.25) is 12.6 Å². The first-order valence-electron chi connectivity index (χ1n) is 5.58. The highest BCUT2D eigenvalue weighted by molar-refractivity contribution is 6.51. The molecule has 1 aliphatic carbocycles. The van der Waals surface area contributed by atoms with Gasteiger partial charge in [0.25, 0.3) is 0 Å². The molecule has 0 bridgehead atoms. The minimum Gasteiger partial charge on any atom is -0.563 e. The Hall–Kier alpha value is -0.725. The van der Waals surface area contributed by atoms with Gasteiger partial charge in [0.1, 0.15) is 0 Å². The van der Waals surface area contributed by atoms with Crippen LogP contribution in [0.15, 0.2) is 11.3 Å². The molecule has 0 saturated heterocycles. The summed E-state index contributed by atoms with van der Waals surface area (Å²) in [4.78, 5) is 11.3. The fourth-order valence-electron chi connectivity index (χ4n) is 1.87. The first kappa shape index (κ1) is 11.4. The number of allylic oxidation sites excluding steroid dienone is 2. The van der Waals surface area contributed by atoms with Crippen LogP contribution < -0.4 is 0 Å². The summed E-state index contributed by atoms with van der Waals surface area (Å²) in [6, 6.07) is 0. The second kappa shape index (κ2) is 5.23. The average molecular weight is 194 g/mol. The summed E-state index contributed by atoms with van der Waals surface area (Å²) in [5, 5.41) is 0. The topological polar surface area (TPSA) is 26.3 Å². The minimum atomic E-state index is 0.184. The molecule has 0 spiro atoms. The van der Waals surface area contributed by atoms with Crippen molar-refractivity contribution in [3.05, 3.63) is 11.3 Å². The number of ketones is 1. The van der Waals surface area contributed by atoms with Crippen molar-refractivity contribution in [1.82, 2.24) is 0 Å². The van der Waals surface area contributed by atoms with Gasteiger partial charge in [0.05, 0.1) is 5.76 Å². The van der Waals surface area contributed by atoms with Crippen molar-refractivity contribution in [3.8, 4) is 0 Å². The highest BCUT2D eigenvalue weighted by atomic mass is 16.4. The van der Waals surface area contributed by atoms with Crippen LogP contribution in [0.25, 0.3) is 0 Å². The van der Waals surface area contributed by atoms with E-state index in [1.165, 1.54) is 0 Å². The number of rotatable bonds is 5. The van der Waals surface area contributed by atoms with Crippen LogP contribution in [0.4, 0.5) is 0 Å². The summed E-state index contributed by atoms with van der Waals surface area (Å²) in [5.41, 5.74) is 0.928. The highest BCUT2D eigenvalue weighted by Crippen LogP contribution is 2.28. The molecule has 0 fully saturated rings. The Labute approximate surface area is 86.8 Å². The van der Waals surface area contributed by atoms with Gasteiger partial charge in [0, 0.05) is 12.0 Å². The van der Waals surface area contributed by atoms with E-state index in [1.54, 1.807) is 6.92 Å². The van der Waals surface area contributed by atoms with Crippen molar-refractivity contribution in [2.24, 2.45) is 0 Å². The fourth-order valence-corrected chi connectivity index (χ4v) is 1.87. The van der Waals surface area contributed by atoms with Gasteiger partial charge >= 0.3 is 6.92 Å². The van der Waals surface area contributed by atoms with Crippen molar-refractivity contribution in [2.75, 3.05) is 0 Å². The normalized spacial score (nSPS) is 15.9. The van der Waals surface area contributed by atoms with Crippen molar-refractivity contribution < 1.29 is 9.45 Å². The van der Waals surface area contributed by atoms with E-state index in [0.717, 1.165) is 43.2 Å². The van der Waals surface area contributed by atoms with E-state index in [4.69, 9.17) is 4.65 Å². The molecule has 0 unspecified atom stereocenters. The molecule has 0 radical (unpaired) electrons. The van der Waals surface area contributed by atoms with Gasteiger partial charge in [-0.3, -0.25) is 4.79 Å². The van der Waals surface area contributed by atoms with Gasteiger partial charge < -0.3 is 4.65 Å². The molecule has 0 aromatic carbocycles. The zero-order chi connectivity index (χ0) is 10.6. The molecule has 0 saturated carbocycles. The highest BCUT2D eigenvalue weighted by Gasteiger charge is 2.22. The van der Waals surface area contributed by atoms with Crippen LogP contribution in [0.5, 0.6) is 0 Å². The molecule has 0 N–H and O–H groups in total. The third-order valence-electron chi connectivity index (χ3n) is 2.81. The van der Waals surface area contributed by atoms with Crippen molar-refractivity contribution in [3.63, 3.8) is 0 Å². The van der Waals surface area contributed by atoms with Crippen LogP contribution in [0.3, 0.4) is 0 Å². The average Bonchev–Trinajstić information content (AvgIpc) is 2.62. The Kier molecular flexibility index (Phi) is 4.24. The van der Waals surface area contributed by atoms with Gasteiger partial charge in [-0.1, -0.05) is 13.8 Å². The number of Topliss-reactive ketones (excluding diaryl/α,β-unsaturated/α-hetero) is 1. The van der Waals surface area contributed by atoms with Gasteiger partial charge in [-0.25, -0.2) is 0 Å². The summed E-state index contributed by atoms with van der Waals surface area (Å²) in [7, 11) is 0. The largest absolute Gasteiger partial charge is 0.563 e. The van der Waals surface area contributed by atoms with Crippen LogP contribution in [-0.4, -0.2) is 12.7 Å². The molecule has 0 heterocycles. The van der Waals surface area contributed by atoms with Gasteiger partial charge in [-0.2, -0.15) is 0 Å². The molecule has 0 aromatic heterocycles. The van der Waals surface area contributed by atoms with Crippen LogP contribution >= 0.6 is 0 Å². The number of hydrogen-bond acceptors (Lipinski definition) is 2. The maximum atomic E-state index is 11.3. The molecule has 0 aromatic rings. The lowest BCUT2D eigenvalue weighted by Crippen LogP contribution is -2.15. The molecule has 0 atom stereocenters. The molecular formula is C11H19BO2. The van der Waals surface area contributed by atoms with Crippen LogP contribution in [0, 0.1) is 0 Å². The Balaban J connectivity index is 2.65. The quantitative estimate of drug-likeness (QED) is 0.628. The first-order valence-corrected chi connectivity index (χ1v) is 5.58. The third-order valence-corrected chi connectivity index (χ3v) is 2.81. The van der Waals surface area contributed by atoms with Gasteiger partial charge in [0.15, 0.2) is 5.78 Å². The smallest absolute Gasteiger partial charge is 0.356 e. The van der Waals surface area contributed by atoms with E-state index < -0.39 is 0 Å². The molecule has 2 nitrogen and oxygen atoms in total. The van der Waals surface area contributed by atoms with E-state index >= 15 is 0 Å². The van der Waals surface area contributed by atoms with Crippen LogP contribution in [-0.2, 0) is 9.45 Å². The SMILES string of the molecule is CCB(CC)OC1=C(C(C)=O)CCC1. The van der Waals surface area contributed by atoms with Gasteiger partial charge in [-0.05, 0) is 32.4 Å². The second-order valence-electron chi connectivity index (χ2n) is 3.87. The van der Waals surface area contributed by atoms with Crippen molar-refractivity contribution in [1.29, 1.82) is 0 Å². The van der Waals surface area contributed by atoms with E-state index in [-0.39, 0.29) is 12.7 Å². The zero-order valence-electron chi connectivity index (χ0n) is 9.43. The predicted octanol–water partition coefficient (Wildman–Crippen LogP) is 3.06. The minimum absolute atomic E-state index is 0.184. The maximum Gasteiger partial charge on any atom is 0.356 e. The van der Waals surface area contributed by atoms with E-state index in [2.05, 4.69) is 13.8 Å². The summed E-state index contributed by atoms with van der Waals surface area (Å²) >= 11 is 0. The molecule has 14 heavy (non-hydrogen) atoms. The summed E-state index contributed by atoms with van der Waals surface area (Å²) in [5.74, 6) is 1.15. The third kappa shape index (κ3) is 2.63. The molecular weight excluding hydrogens is 175 g/mol.